The van der Waals surface area contributed by atoms with E-state index in [1.165, 1.54) is 6.07 Å². The van der Waals surface area contributed by atoms with Gasteiger partial charge in [-0.05, 0) is 24.1 Å². The Morgan fingerprint density at radius 3 is 2.44 bits per heavy atom. The van der Waals surface area contributed by atoms with Crippen LogP contribution in [0.25, 0.3) is 0 Å². The highest BCUT2D eigenvalue weighted by Crippen LogP contribution is 2.26. The lowest BCUT2D eigenvalue weighted by molar-refractivity contribution is 0.612. The quantitative estimate of drug-likeness (QED) is 0.760. The molecule has 82 valence electrons. The summed E-state index contributed by atoms with van der Waals surface area (Å²) in [5.41, 5.74) is 2.91. The van der Waals surface area contributed by atoms with Crippen LogP contribution in [0.5, 0.6) is 0 Å². The fourth-order valence-corrected chi connectivity index (χ4v) is 2.14. The van der Waals surface area contributed by atoms with Gasteiger partial charge in [0.1, 0.15) is 5.82 Å². The molecule has 0 spiro atoms. The maximum absolute atomic E-state index is 13.7. The zero-order valence-corrected chi connectivity index (χ0v) is 10.6. The number of aryl methyl sites for hydroxylation is 1. The molecule has 16 heavy (non-hydrogen) atoms. The van der Waals surface area contributed by atoms with E-state index < -0.39 is 0 Å². The lowest BCUT2D eigenvalue weighted by Crippen LogP contribution is -1.95. The van der Waals surface area contributed by atoms with Crippen LogP contribution in [0.15, 0.2) is 46.9 Å². The van der Waals surface area contributed by atoms with E-state index in [0.29, 0.717) is 6.42 Å². The van der Waals surface area contributed by atoms with Crippen LogP contribution in [0.1, 0.15) is 16.7 Å². The van der Waals surface area contributed by atoms with Crippen molar-refractivity contribution in [2.45, 2.75) is 13.3 Å². The molecular formula is C14H12BrF. The Morgan fingerprint density at radius 2 is 1.75 bits per heavy atom. The summed E-state index contributed by atoms with van der Waals surface area (Å²) in [5, 5.41) is 0. The van der Waals surface area contributed by atoms with Gasteiger partial charge in [-0.1, -0.05) is 52.3 Å². The topological polar surface area (TPSA) is 0 Å². The molecule has 0 saturated carbocycles. The van der Waals surface area contributed by atoms with Gasteiger partial charge < -0.3 is 0 Å². The molecule has 2 rings (SSSR count). The average Bonchev–Trinajstić information content (AvgIpc) is 2.31. The first-order chi connectivity index (χ1) is 7.68. The number of hydrogen-bond acceptors (Lipinski definition) is 0. The van der Waals surface area contributed by atoms with Crippen LogP contribution in [0, 0.1) is 12.7 Å². The zero-order chi connectivity index (χ0) is 11.5. The normalized spacial score (nSPS) is 10.4. The van der Waals surface area contributed by atoms with E-state index in [1.54, 1.807) is 6.07 Å². The van der Waals surface area contributed by atoms with E-state index in [1.807, 2.05) is 37.3 Å². The molecule has 0 N–H and O–H groups in total. The Hall–Kier alpha value is -1.15. The summed E-state index contributed by atoms with van der Waals surface area (Å²) >= 11 is 3.45. The predicted octanol–water partition coefficient (Wildman–Crippen LogP) is 4.49. The summed E-state index contributed by atoms with van der Waals surface area (Å²) in [5.74, 6) is -0.152. The number of benzene rings is 2. The molecule has 0 fully saturated rings. The summed E-state index contributed by atoms with van der Waals surface area (Å²) in [6.45, 7) is 1.97. The van der Waals surface area contributed by atoms with Crippen LogP contribution in [-0.2, 0) is 6.42 Å². The first-order valence-electron chi connectivity index (χ1n) is 5.16. The number of halogens is 2. The summed E-state index contributed by atoms with van der Waals surface area (Å²) < 4.78 is 14.6. The fourth-order valence-electron chi connectivity index (χ4n) is 1.68. The van der Waals surface area contributed by atoms with Crippen molar-refractivity contribution in [3.63, 3.8) is 0 Å². The van der Waals surface area contributed by atoms with Gasteiger partial charge in [0.05, 0.1) is 0 Å². The van der Waals surface area contributed by atoms with Crippen LogP contribution in [0.2, 0.25) is 0 Å². The van der Waals surface area contributed by atoms with Crippen molar-refractivity contribution in [1.29, 1.82) is 0 Å². The van der Waals surface area contributed by atoms with Crippen molar-refractivity contribution in [1.82, 2.24) is 0 Å². The minimum absolute atomic E-state index is 0.152. The van der Waals surface area contributed by atoms with Gasteiger partial charge >= 0.3 is 0 Å². The van der Waals surface area contributed by atoms with Crippen molar-refractivity contribution >= 4 is 15.9 Å². The van der Waals surface area contributed by atoms with Gasteiger partial charge in [0.25, 0.3) is 0 Å². The van der Waals surface area contributed by atoms with Crippen LogP contribution >= 0.6 is 15.9 Å². The van der Waals surface area contributed by atoms with Gasteiger partial charge in [-0.3, -0.25) is 0 Å². The van der Waals surface area contributed by atoms with Crippen molar-refractivity contribution in [2.24, 2.45) is 0 Å². The van der Waals surface area contributed by atoms with E-state index in [9.17, 15) is 4.39 Å². The molecule has 0 atom stereocenters. The van der Waals surface area contributed by atoms with Gasteiger partial charge in [0.15, 0.2) is 0 Å². The van der Waals surface area contributed by atoms with Gasteiger partial charge in [-0.25, -0.2) is 4.39 Å². The van der Waals surface area contributed by atoms with E-state index in [0.717, 1.165) is 21.2 Å². The minimum Gasteiger partial charge on any atom is -0.207 e. The lowest BCUT2D eigenvalue weighted by Gasteiger charge is -2.08. The molecule has 2 aromatic carbocycles. The number of rotatable bonds is 2. The molecule has 0 amide bonds. The maximum Gasteiger partial charge on any atom is 0.127 e. The van der Waals surface area contributed by atoms with Crippen LogP contribution in [0.4, 0.5) is 4.39 Å². The van der Waals surface area contributed by atoms with E-state index in [4.69, 9.17) is 0 Å². The molecule has 0 aliphatic heterocycles. The van der Waals surface area contributed by atoms with Gasteiger partial charge in [-0.2, -0.15) is 0 Å². The molecule has 0 nitrogen and oxygen atoms in total. The highest BCUT2D eigenvalue weighted by Gasteiger charge is 2.09. The van der Waals surface area contributed by atoms with Crippen LogP contribution in [-0.4, -0.2) is 0 Å². The Labute approximate surface area is 103 Å². The molecule has 0 aliphatic carbocycles. The minimum atomic E-state index is -0.152. The summed E-state index contributed by atoms with van der Waals surface area (Å²) in [6.07, 6.45) is 0.620. The van der Waals surface area contributed by atoms with Crippen molar-refractivity contribution in [3.05, 3.63) is 69.4 Å². The molecule has 0 heterocycles. The Morgan fingerprint density at radius 1 is 1.06 bits per heavy atom. The Bertz CT molecular complexity index is 492. The van der Waals surface area contributed by atoms with Crippen molar-refractivity contribution in [2.75, 3.05) is 0 Å². The first-order valence-corrected chi connectivity index (χ1v) is 5.95. The SMILES string of the molecule is Cc1ccc(F)c(Cc2ccccc2)c1Br. The third-order valence-electron chi connectivity index (χ3n) is 2.60. The Balaban J connectivity index is 2.38. The molecule has 0 radical (unpaired) electrons. The van der Waals surface area contributed by atoms with E-state index >= 15 is 0 Å². The third kappa shape index (κ3) is 2.33. The van der Waals surface area contributed by atoms with Gasteiger partial charge in [-0.15, -0.1) is 0 Å². The fraction of sp³-hybridized carbons (Fsp3) is 0.143. The van der Waals surface area contributed by atoms with Crippen molar-refractivity contribution in [3.8, 4) is 0 Å². The molecule has 2 heteroatoms. The van der Waals surface area contributed by atoms with E-state index in [2.05, 4.69) is 15.9 Å². The molecule has 0 aromatic heterocycles. The van der Waals surface area contributed by atoms with Crippen LogP contribution in [0.3, 0.4) is 0 Å². The zero-order valence-electron chi connectivity index (χ0n) is 9.00. The molecule has 0 bridgehead atoms. The first kappa shape index (κ1) is 11.3. The van der Waals surface area contributed by atoms with E-state index in [-0.39, 0.29) is 5.82 Å². The molecule has 0 unspecified atom stereocenters. The van der Waals surface area contributed by atoms with Crippen molar-refractivity contribution < 1.29 is 4.39 Å². The van der Waals surface area contributed by atoms with Gasteiger partial charge in [0, 0.05) is 16.5 Å². The summed E-state index contributed by atoms with van der Waals surface area (Å²) in [7, 11) is 0. The second-order valence-electron chi connectivity index (χ2n) is 3.82. The average molecular weight is 279 g/mol. The van der Waals surface area contributed by atoms with Gasteiger partial charge in [0.2, 0.25) is 0 Å². The highest BCUT2D eigenvalue weighted by molar-refractivity contribution is 9.10. The second kappa shape index (κ2) is 4.79. The lowest BCUT2D eigenvalue weighted by atomic mass is 10.0. The molecule has 0 aliphatic rings. The maximum atomic E-state index is 13.7. The molecule has 2 aromatic rings. The summed E-state index contributed by atoms with van der Waals surface area (Å²) in [4.78, 5) is 0. The smallest absolute Gasteiger partial charge is 0.127 e. The third-order valence-corrected chi connectivity index (χ3v) is 3.71. The van der Waals surface area contributed by atoms with Crippen LogP contribution < -0.4 is 0 Å². The Kier molecular flexibility index (Phi) is 3.39. The summed E-state index contributed by atoms with van der Waals surface area (Å²) in [6, 6.07) is 13.2. The largest absolute Gasteiger partial charge is 0.207 e. The number of hydrogen-bond donors (Lipinski definition) is 0. The standard InChI is InChI=1S/C14H12BrF/c1-10-7-8-13(16)12(14(10)15)9-11-5-3-2-4-6-11/h2-8H,9H2,1H3. The molecular weight excluding hydrogens is 267 g/mol. The predicted molar refractivity (Wildman–Crippen MR) is 68.1 cm³/mol. The monoisotopic (exact) mass is 278 g/mol. The molecule has 0 saturated heterocycles. The highest BCUT2D eigenvalue weighted by atomic mass is 79.9. The second-order valence-corrected chi connectivity index (χ2v) is 4.61.